The van der Waals surface area contributed by atoms with Crippen molar-refractivity contribution in [2.24, 2.45) is 5.41 Å². The van der Waals surface area contributed by atoms with Crippen molar-refractivity contribution in [2.75, 3.05) is 19.6 Å². The monoisotopic (exact) mass is 255 g/mol. The summed E-state index contributed by atoms with van der Waals surface area (Å²) in [6.07, 6.45) is 3.96. The standard InChI is InChI=1S/C14H25NO3/c1-4-14(12(16)17)7-8-15(10-14)9-11-5-6-13(2,3)18-11/h11H,4-10H2,1-3H3,(H,16,17). The van der Waals surface area contributed by atoms with Crippen LogP contribution in [0, 0.1) is 5.41 Å². The lowest BCUT2D eigenvalue weighted by Crippen LogP contribution is -2.37. The van der Waals surface area contributed by atoms with Crippen molar-refractivity contribution >= 4 is 5.97 Å². The number of nitrogens with zero attached hydrogens (tertiary/aromatic N) is 1. The quantitative estimate of drug-likeness (QED) is 0.836. The van der Waals surface area contributed by atoms with Crippen molar-refractivity contribution in [3.63, 3.8) is 0 Å². The molecule has 4 heteroatoms. The molecule has 2 atom stereocenters. The van der Waals surface area contributed by atoms with E-state index in [0.29, 0.717) is 6.54 Å². The van der Waals surface area contributed by atoms with Crippen LogP contribution < -0.4 is 0 Å². The molecule has 0 aliphatic carbocycles. The summed E-state index contributed by atoms with van der Waals surface area (Å²) in [5.41, 5.74) is -0.521. The van der Waals surface area contributed by atoms with E-state index < -0.39 is 11.4 Å². The Morgan fingerprint density at radius 1 is 1.44 bits per heavy atom. The largest absolute Gasteiger partial charge is 0.481 e. The van der Waals surface area contributed by atoms with Crippen LogP contribution in [0.1, 0.15) is 46.5 Å². The molecule has 2 rings (SSSR count). The van der Waals surface area contributed by atoms with Crippen LogP contribution in [0.2, 0.25) is 0 Å². The number of ether oxygens (including phenoxy) is 1. The molecule has 4 nitrogen and oxygen atoms in total. The number of aliphatic carboxylic acids is 1. The number of hydrogen-bond donors (Lipinski definition) is 1. The molecule has 0 amide bonds. The van der Waals surface area contributed by atoms with E-state index in [1.165, 1.54) is 0 Å². The normalized spacial score (nSPS) is 36.1. The fourth-order valence-electron chi connectivity index (χ4n) is 3.22. The molecule has 0 radical (unpaired) electrons. The summed E-state index contributed by atoms with van der Waals surface area (Å²) in [5.74, 6) is -0.639. The van der Waals surface area contributed by atoms with Gasteiger partial charge in [-0.2, -0.15) is 0 Å². The topological polar surface area (TPSA) is 49.8 Å². The van der Waals surface area contributed by atoms with Gasteiger partial charge < -0.3 is 9.84 Å². The van der Waals surface area contributed by atoms with E-state index in [1.807, 2.05) is 6.92 Å². The Morgan fingerprint density at radius 2 is 2.17 bits per heavy atom. The van der Waals surface area contributed by atoms with E-state index in [-0.39, 0.29) is 11.7 Å². The van der Waals surface area contributed by atoms with Gasteiger partial charge in [-0.25, -0.2) is 0 Å². The van der Waals surface area contributed by atoms with E-state index in [2.05, 4.69) is 18.7 Å². The maximum absolute atomic E-state index is 11.4. The summed E-state index contributed by atoms with van der Waals surface area (Å²) < 4.78 is 5.98. The second kappa shape index (κ2) is 4.82. The molecule has 2 unspecified atom stereocenters. The van der Waals surface area contributed by atoms with Gasteiger partial charge in [0.05, 0.1) is 17.1 Å². The first-order chi connectivity index (χ1) is 8.37. The van der Waals surface area contributed by atoms with Crippen LogP contribution in [0.3, 0.4) is 0 Å². The van der Waals surface area contributed by atoms with Crippen LogP contribution in [-0.4, -0.2) is 47.3 Å². The molecule has 1 N–H and O–H groups in total. The SMILES string of the molecule is CCC1(C(=O)O)CCN(CC2CCC(C)(C)O2)C1. The molecule has 0 aromatic rings. The van der Waals surface area contributed by atoms with E-state index in [1.54, 1.807) is 0 Å². The zero-order chi connectivity index (χ0) is 13.4. The average molecular weight is 255 g/mol. The molecule has 2 heterocycles. The molecule has 18 heavy (non-hydrogen) atoms. The Bertz CT molecular complexity index is 329. The second-order valence-corrected chi connectivity index (χ2v) is 6.46. The molecule has 2 fully saturated rings. The third kappa shape index (κ3) is 2.69. The molecule has 0 spiro atoms. The van der Waals surface area contributed by atoms with Gasteiger partial charge in [0.1, 0.15) is 0 Å². The number of carboxylic acids is 1. The van der Waals surface area contributed by atoms with Crippen molar-refractivity contribution in [2.45, 2.75) is 58.2 Å². The zero-order valence-corrected chi connectivity index (χ0v) is 11.7. The third-order valence-electron chi connectivity index (χ3n) is 4.58. The molecule has 0 aromatic carbocycles. The van der Waals surface area contributed by atoms with Gasteiger partial charge >= 0.3 is 5.97 Å². The van der Waals surface area contributed by atoms with Crippen LogP contribution in [0.5, 0.6) is 0 Å². The molecule has 2 aliphatic heterocycles. The Labute approximate surface area is 109 Å². The van der Waals surface area contributed by atoms with E-state index >= 15 is 0 Å². The van der Waals surface area contributed by atoms with E-state index in [9.17, 15) is 9.90 Å². The van der Waals surface area contributed by atoms with Crippen molar-refractivity contribution < 1.29 is 14.6 Å². The fourth-order valence-corrected chi connectivity index (χ4v) is 3.22. The van der Waals surface area contributed by atoms with Gasteiger partial charge in [0.25, 0.3) is 0 Å². The predicted octanol–water partition coefficient (Wildman–Crippen LogP) is 2.13. The highest BCUT2D eigenvalue weighted by atomic mass is 16.5. The molecular formula is C14H25NO3. The van der Waals surface area contributed by atoms with Crippen molar-refractivity contribution in [1.29, 1.82) is 0 Å². The lowest BCUT2D eigenvalue weighted by atomic mass is 9.84. The first-order valence-corrected chi connectivity index (χ1v) is 7.00. The summed E-state index contributed by atoms with van der Waals surface area (Å²) in [6.45, 7) is 8.69. The van der Waals surface area contributed by atoms with Crippen molar-refractivity contribution in [3.8, 4) is 0 Å². The minimum Gasteiger partial charge on any atom is -0.481 e. The predicted molar refractivity (Wildman–Crippen MR) is 69.6 cm³/mol. The van der Waals surface area contributed by atoms with Crippen LogP contribution in [-0.2, 0) is 9.53 Å². The molecule has 2 aliphatic rings. The number of hydrogen-bond acceptors (Lipinski definition) is 3. The minimum absolute atomic E-state index is 0.000959. The number of rotatable bonds is 4. The highest BCUT2D eigenvalue weighted by Crippen LogP contribution is 2.36. The molecule has 104 valence electrons. The summed E-state index contributed by atoms with van der Waals surface area (Å²) in [6, 6.07) is 0. The van der Waals surface area contributed by atoms with Gasteiger partial charge in [0.15, 0.2) is 0 Å². The zero-order valence-electron chi connectivity index (χ0n) is 11.7. The Kier molecular flexibility index (Phi) is 3.70. The van der Waals surface area contributed by atoms with E-state index in [0.717, 1.165) is 38.8 Å². The average Bonchev–Trinajstić information content (AvgIpc) is 2.84. The summed E-state index contributed by atoms with van der Waals surface area (Å²) in [7, 11) is 0. The van der Waals surface area contributed by atoms with Gasteiger partial charge in [-0.1, -0.05) is 6.92 Å². The molecule has 0 saturated carbocycles. The Hall–Kier alpha value is -0.610. The smallest absolute Gasteiger partial charge is 0.310 e. The third-order valence-corrected chi connectivity index (χ3v) is 4.58. The van der Waals surface area contributed by atoms with Gasteiger partial charge in [-0.3, -0.25) is 9.69 Å². The Morgan fingerprint density at radius 3 is 2.61 bits per heavy atom. The fraction of sp³-hybridized carbons (Fsp3) is 0.929. The molecule has 0 aromatic heterocycles. The summed E-state index contributed by atoms with van der Waals surface area (Å²) in [4.78, 5) is 13.7. The number of carboxylic acid groups (broad SMARTS) is 1. The van der Waals surface area contributed by atoms with Crippen LogP contribution in [0.25, 0.3) is 0 Å². The lowest BCUT2D eigenvalue weighted by Gasteiger charge is -2.26. The van der Waals surface area contributed by atoms with Crippen molar-refractivity contribution in [1.82, 2.24) is 4.90 Å². The van der Waals surface area contributed by atoms with Crippen molar-refractivity contribution in [3.05, 3.63) is 0 Å². The Balaban J connectivity index is 1.88. The van der Waals surface area contributed by atoms with Gasteiger partial charge in [-0.15, -0.1) is 0 Å². The van der Waals surface area contributed by atoms with Crippen LogP contribution >= 0.6 is 0 Å². The lowest BCUT2D eigenvalue weighted by molar-refractivity contribution is -0.148. The highest BCUT2D eigenvalue weighted by Gasteiger charge is 2.44. The number of likely N-dealkylation sites (tertiary alicyclic amines) is 1. The summed E-state index contributed by atoms with van der Waals surface area (Å²) >= 11 is 0. The first kappa shape index (κ1) is 13.8. The molecule has 2 saturated heterocycles. The summed E-state index contributed by atoms with van der Waals surface area (Å²) in [5, 5.41) is 9.37. The van der Waals surface area contributed by atoms with E-state index in [4.69, 9.17) is 4.74 Å². The van der Waals surface area contributed by atoms with Crippen LogP contribution in [0.4, 0.5) is 0 Å². The highest BCUT2D eigenvalue weighted by molar-refractivity contribution is 5.75. The number of carbonyl (C=O) groups is 1. The van der Waals surface area contributed by atoms with Gasteiger partial charge in [0, 0.05) is 13.1 Å². The van der Waals surface area contributed by atoms with Crippen LogP contribution in [0.15, 0.2) is 0 Å². The molecular weight excluding hydrogens is 230 g/mol. The maximum Gasteiger partial charge on any atom is 0.310 e. The minimum atomic E-state index is -0.639. The van der Waals surface area contributed by atoms with Gasteiger partial charge in [0.2, 0.25) is 0 Å². The van der Waals surface area contributed by atoms with Gasteiger partial charge in [-0.05, 0) is 46.1 Å². The maximum atomic E-state index is 11.4. The second-order valence-electron chi connectivity index (χ2n) is 6.46. The molecule has 0 bridgehead atoms. The first-order valence-electron chi connectivity index (χ1n) is 7.00.